The highest BCUT2D eigenvalue weighted by Crippen LogP contribution is 2.35. The molecule has 2 nitrogen and oxygen atoms in total. The Kier molecular flexibility index (Phi) is 4.04. The highest BCUT2D eigenvalue weighted by Gasteiger charge is 2.25. The number of hydrogen-bond donors (Lipinski definition) is 1. The second kappa shape index (κ2) is 5.55. The summed E-state index contributed by atoms with van der Waals surface area (Å²) >= 11 is 0. The molecule has 1 aliphatic heterocycles. The Labute approximate surface area is 107 Å². The van der Waals surface area contributed by atoms with Crippen molar-refractivity contribution in [3.8, 4) is 0 Å². The Balaban J connectivity index is 2.36. The molecule has 1 fully saturated rings. The first-order chi connectivity index (χ1) is 8.63. The summed E-state index contributed by atoms with van der Waals surface area (Å²) in [7, 11) is 0. The van der Waals surface area contributed by atoms with Crippen LogP contribution in [-0.4, -0.2) is 12.6 Å². The van der Waals surface area contributed by atoms with Crippen molar-refractivity contribution in [3.63, 3.8) is 0 Å². The van der Waals surface area contributed by atoms with Gasteiger partial charge in [-0.3, -0.25) is 0 Å². The van der Waals surface area contributed by atoms with E-state index in [2.05, 4.69) is 11.8 Å². The van der Waals surface area contributed by atoms with E-state index >= 15 is 0 Å². The average Bonchev–Trinajstić information content (AvgIpc) is 2.38. The van der Waals surface area contributed by atoms with Crippen molar-refractivity contribution < 1.29 is 8.78 Å². The van der Waals surface area contributed by atoms with E-state index in [0.29, 0.717) is 17.4 Å². The number of piperidine rings is 1. The molecule has 0 bridgehead atoms. The smallest absolute Gasteiger partial charge is 0.265 e. The van der Waals surface area contributed by atoms with Gasteiger partial charge in [-0.05, 0) is 43.9 Å². The van der Waals surface area contributed by atoms with Gasteiger partial charge in [-0.25, -0.2) is 8.78 Å². The number of anilines is 2. The number of hydrogen-bond acceptors (Lipinski definition) is 2. The number of nitrogens with zero attached hydrogens (tertiary/aromatic N) is 1. The largest absolute Gasteiger partial charge is 0.399 e. The molecule has 1 aliphatic rings. The molecule has 1 aromatic rings. The van der Waals surface area contributed by atoms with Crippen LogP contribution in [0.3, 0.4) is 0 Å². The van der Waals surface area contributed by atoms with Crippen molar-refractivity contribution in [1.82, 2.24) is 0 Å². The van der Waals surface area contributed by atoms with Crippen LogP contribution in [0.15, 0.2) is 18.2 Å². The van der Waals surface area contributed by atoms with Crippen molar-refractivity contribution in [3.05, 3.63) is 23.8 Å². The van der Waals surface area contributed by atoms with Crippen LogP contribution in [0.25, 0.3) is 0 Å². The van der Waals surface area contributed by atoms with Gasteiger partial charge in [0.15, 0.2) is 0 Å². The summed E-state index contributed by atoms with van der Waals surface area (Å²) in [5, 5.41) is 0. The van der Waals surface area contributed by atoms with Gasteiger partial charge >= 0.3 is 0 Å². The molecule has 2 rings (SSSR count). The third-order valence-corrected chi connectivity index (χ3v) is 3.69. The molecule has 100 valence electrons. The van der Waals surface area contributed by atoms with E-state index in [1.807, 2.05) is 0 Å². The lowest BCUT2D eigenvalue weighted by Gasteiger charge is -2.38. The van der Waals surface area contributed by atoms with Gasteiger partial charge in [-0.2, -0.15) is 0 Å². The zero-order valence-electron chi connectivity index (χ0n) is 10.7. The van der Waals surface area contributed by atoms with Gasteiger partial charge in [0, 0.05) is 29.5 Å². The maximum absolute atomic E-state index is 13.1. The Morgan fingerprint density at radius 2 is 2.17 bits per heavy atom. The Morgan fingerprint density at radius 1 is 1.39 bits per heavy atom. The minimum absolute atomic E-state index is 0.0651. The quantitative estimate of drug-likeness (QED) is 0.827. The van der Waals surface area contributed by atoms with Gasteiger partial charge in [-0.15, -0.1) is 0 Å². The predicted octanol–water partition coefficient (Wildman–Crippen LogP) is 3.98. The number of nitrogens with two attached hydrogens (primary N) is 1. The molecule has 2 N–H and O–H groups in total. The van der Waals surface area contributed by atoms with Gasteiger partial charge in [0.05, 0.1) is 0 Å². The van der Waals surface area contributed by atoms with Gasteiger partial charge in [0.1, 0.15) is 0 Å². The summed E-state index contributed by atoms with van der Waals surface area (Å²) in [5.74, 6) is 0. The molecule has 0 aromatic heterocycles. The summed E-state index contributed by atoms with van der Waals surface area (Å²) in [4.78, 5) is 2.13. The molecule has 0 amide bonds. The molecule has 1 saturated heterocycles. The lowest BCUT2D eigenvalue weighted by molar-refractivity contribution is 0.151. The Morgan fingerprint density at radius 3 is 2.83 bits per heavy atom. The van der Waals surface area contributed by atoms with Crippen LogP contribution in [0.2, 0.25) is 0 Å². The molecule has 18 heavy (non-hydrogen) atoms. The molecule has 1 heterocycles. The number of alkyl halides is 2. The van der Waals surface area contributed by atoms with Crippen LogP contribution < -0.4 is 10.6 Å². The molecule has 1 atom stereocenters. The second-order valence-corrected chi connectivity index (χ2v) is 4.87. The van der Waals surface area contributed by atoms with E-state index in [1.54, 1.807) is 12.1 Å². The molecule has 0 aliphatic carbocycles. The lowest BCUT2D eigenvalue weighted by Crippen LogP contribution is -2.39. The highest BCUT2D eigenvalue weighted by atomic mass is 19.3. The van der Waals surface area contributed by atoms with Crippen LogP contribution in [0.4, 0.5) is 20.2 Å². The highest BCUT2D eigenvalue weighted by molar-refractivity contribution is 5.61. The molecule has 0 radical (unpaired) electrons. The average molecular weight is 254 g/mol. The molecule has 1 aromatic carbocycles. The van der Waals surface area contributed by atoms with E-state index in [9.17, 15) is 8.78 Å². The Bertz CT molecular complexity index is 407. The fourth-order valence-electron chi connectivity index (χ4n) is 2.75. The van der Waals surface area contributed by atoms with E-state index < -0.39 is 6.43 Å². The number of benzene rings is 1. The van der Waals surface area contributed by atoms with Gasteiger partial charge in [-0.1, -0.05) is 6.92 Å². The van der Waals surface area contributed by atoms with Crippen molar-refractivity contribution in [2.45, 2.75) is 45.1 Å². The Hall–Kier alpha value is -1.32. The van der Waals surface area contributed by atoms with Crippen LogP contribution >= 0.6 is 0 Å². The fourth-order valence-corrected chi connectivity index (χ4v) is 2.75. The van der Waals surface area contributed by atoms with Crippen molar-refractivity contribution in [1.29, 1.82) is 0 Å². The standard InChI is InChI=1S/C14H20F2N2/c1-2-11-5-3-4-8-18(11)13-7-6-10(17)9-12(13)14(15)16/h6-7,9,11,14H,2-5,8,17H2,1H3. The van der Waals surface area contributed by atoms with Gasteiger partial charge in [0.2, 0.25) is 0 Å². The molecule has 0 spiro atoms. The van der Waals surface area contributed by atoms with Crippen LogP contribution in [0.5, 0.6) is 0 Å². The van der Waals surface area contributed by atoms with E-state index in [1.165, 1.54) is 12.5 Å². The minimum Gasteiger partial charge on any atom is -0.399 e. The minimum atomic E-state index is -2.47. The van der Waals surface area contributed by atoms with E-state index in [0.717, 1.165) is 25.8 Å². The first-order valence-corrected chi connectivity index (χ1v) is 6.57. The number of halogens is 2. The van der Waals surface area contributed by atoms with Crippen molar-refractivity contribution in [2.24, 2.45) is 0 Å². The zero-order chi connectivity index (χ0) is 13.1. The third-order valence-electron chi connectivity index (χ3n) is 3.69. The van der Waals surface area contributed by atoms with E-state index in [-0.39, 0.29) is 5.56 Å². The van der Waals surface area contributed by atoms with Gasteiger partial charge < -0.3 is 10.6 Å². The number of nitrogen functional groups attached to an aromatic ring is 1. The monoisotopic (exact) mass is 254 g/mol. The first kappa shape index (κ1) is 13.1. The molecular weight excluding hydrogens is 234 g/mol. The molecule has 0 saturated carbocycles. The molecule has 1 unspecified atom stereocenters. The van der Waals surface area contributed by atoms with Crippen molar-refractivity contribution in [2.75, 3.05) is 17.2 Å². The van der Waals surface area contributed by atoms with Crippen LogP contribution in [0.1, 0.15) is 44.6 Å². The normalized spacial score (nSPS) is 20.4. The molecular formula is C14H20F2N2. The first-order valence-electron chi connectivity index (χ1n) is 6.57. The number of rotatable bonds is 3. The van der Waals surface area contributed by atoms with E-state index in [4.69, 9.17) is 5.73 Å². The summed E-state index contributed by atoms with van der Waals surface area (Å²) in [5.41, 5.74) is 6.74. The fraction of sp³-hybridized carbons (Fsp3) is 0.571. The molecule has 4 heteroatoms. The summed E-state index contributed by atoms with van der Waals surface area (Å²) in [6.07, 6.45) is 1.87. The summed E-state index contributed by atoms with van der Waals surface area (Å²) < 4.78 is 26.2. The maximum Gasteiger partial charge on any atom is 0.265 e. The van der Waals surface area contributed by atoms with Crippen LogP contribution in [-0.2, 0) is 0 Å². The second-order valence-electron chi connectivity index (χ2n) is 4.87. The van der Waals surface area contributed by atoms with Crippen LogP contribution in [0, 0.1) is 0 Å². The predicted molar refractivity (Wildman–Crippen MR) is 71.1 cm³/mol. The maximum atomic E-state index is 13.1. The topological polar surface area (TPSA) is 29.3 Å². The summed E-state index contributed by atoms with van der Waals surface area (Å²) in [6.45, 7) is 2.98. The van der Waals surface area contributed by atoms with Gasteiger partial charge in [0.25, 0.3) is 6.43 Å². The SMILES string of the molecule is CCC1CCCCN1c1ccc(N)cc1C(F)F. The third kappa shape index (κ3) is 2.57. The van der Waals surface area contributed by atoms with Crippen molar-refractivity contribution >= 4 is 11.4 Å². The zero-order valence-corrected chi connectivity index (χ0v) is 10.7. The lowest BCUT2D eigenvalue weighted by atomic mass is 9.98. The summed E-state index contributed by atoms with van der Waals surface area (Å²) in [6, 6.07) is 5.23.